The standard InChI is InChI=1S/C14H17ClS.C3H8/c1-10-3-4-11(2)14(10)9-16-13-7-5-12(15)6-8-13;1-3-2/h5-8,10H,3-4,9H2,1-2H3;3H2,1-2H3. The van der Waals surface area contributed by atoms with Crippen LogP contribution >= 0.6 is 23.4 Å². The first-order chi connectivity index (χ1) is 9.08. The van der Waals surface area contributed by atoms with Crippen molar-refractivity contribution in [3.63, 3.8) is 0 Å². The van der Waals surface area contributed by atoms with Crippen molar-refractivity contribution in [1.82, 2.24) is 0 Å². The van der Waals surface area contributed by atoms with Crippen molar-refractivity contribution < 1.29 is 0 Å². The third-order valence-electron chi connectivity index (χ3n) is 3.30. The lowest BCUT2D eigenvalue weighted by Gasteiger charge is -2.09. The molecule has 0 aliphatic heterocycles. The maximum absolute atomic E-state index is 5.87. The number of halogens is 1. The fraction of sp³-hybridized carbons (Fsp3) is 0.529. The van der Waals surface area contributed by atoms with Gasteiger partial charge in [-0.2, -0.15) is 0 Å². The van der Waals surface area contributed by atoms with Crippen molar-refractivity contribution >= 4 is 23.4 Å². The summed E-state index contributed by atoms with van der Waals surface area (Å²) < 4.78 is 0. The van der Waals surface area contributed by atoms with Gasteiger partial charge in [0.2, 0.25) is 0 Å². The first-order valence-corrected chi connectivity index (χ1v) is 8.51. The van der Waals surface area contributed by atoms with Gasteiger partial charge in [0.1, 0.15) is 0 Å². The van der Waals surface area contributed by atoms with E-state index in [1.807, 2.05) is 23.9 Å². The van der Waals surface area contributed by atoms with Gasteiger partial charge < -0.3 is 0 Å². The van der Waals surface area contributed by atoms with Gasteiger partial charge in [-0.25, -0.2) is 0 Å². The highest BCUT2D eigenvalue weighted by atomic mass is 35.5. The van der Waals surface area contributed by atoms with Crippen LogP contribution in [0.4, 0.5) is 0 Å². The van der Waals surface area contributed by atoms with Crippen molar-refractivity contribution in [1.29, 1.82) is 0 Å². The smallest absolute Gasteiger partial charge is 0.0406 e. The van der Waals surface area contributed by atoms with E-state index >= 15 is 0 Å². The van der Waals surface area contributed by atoms with E-state index in [0.29, 0.717) is 0 Å². The summed E-state index contributed by atoms with van der Waals surface area (Å²) in [5, 5.41) is 0.814. The highest BCUT2D eigenvalue weighted by molar-refractivity contribution is 7.99. The summed E-state index contributed by atoms with van der Waals surface area (Å²) in [6.07, 6.45) is 3.88. The van der Waals surface area contributed by atoms with Crippen LogP contribution in [0.5, 0.6) is 0 Å². The zero-order valence-electron chi connectivity index (χ0n) is 12.5. The number of thioether (sulfide) groups is 1. The molecule has 0 spiro atoms. The zero-order chi connectivity index (χ0) is 14.3. The lowest BCUT2D eigenvalue weighted by atomic mass is 10.1. The molecule has 0 saturated heterocycles. The third-order valence-corrected chi connectivity index (χ3v) is 4.62. The van der Waals surface area contributed by atoms with Crippen LogP contribution < -0.4 is 0 Å². The molecular weight excluding hydrogens is 272 g/mol. The summed E-state index contributed by atoms with van der Waals surface area (Å²) >= 11 is 7.78. The molecule has 19 heavy (non-hydrogen) atoms. The molecule has 0 amide bonds. The van der Waals surface area contributed by atoms with Gasteiger partial charge in [-0.05, 0) is 49.9 Å². The second-order valence-electron chi connectivity index (χ2n) is 5.19. The fourth-order valence-corrected chi connectivity index (χ4v) is 3.45. The summed E-state index contributed by atoms with van der Waals surface area (Å²) in [5.41, 5.74) is 3.26. The van der Waals surface area contributed by atoms with Crippen molar-refractivity contribution in [3.05, 3.63) is 40.4 Å². The van der Waals surface area contributed by atoms with Gasteiger partial charge in [-0.15, -0.1) is 11.8 Å². The van der Waals surface area contributed by atoms with Gasteiger partial charge in [0.05, 0.1) is 0 Å². The van der Waals surface area contributed by atoms with Crippen molar-refractivity contribution in [2.75, 3.05) is 5.75 Å². The first-order valence-electron chi connectivity index (χ1n) is 7.15. The quantitative estimate of drug-likeness (QED) is 0.447. The van der Waals surface area contributed by atoms with Gasteiger partial charge in [-0.1, -0.05) is 49.9 Å². The third kappa shape index (κ3) is 5.62. The second kappa shape index (κ2) is 8.71. The molecule has 0 saturated carbocycles. The average molecular weight is 297 g/mol. The number of rotatable bonds is 3. The molecule has 2 rings (SSSR count). The molecule has 1 aromatic carbocycles. The maximum Gasteiger partial charge on any atom is 0.0406 e. The summed E-state index contributed by atoms with van der Waals surface area (Å²) in [5.74, 6) is 1.91. The topological polar surface area (TPSA) is 0 Å². The molecule has 0 aromatic heterocycles. The van der Waals surface area contributed by atoms with Crippen LogP contribution in [0.3, 0.4) is 0 Å². The molecule has 1 aliphatic rings. The Morgan fingerprint density at radius 3 is 2.26 bits per heavy atom. The lowest BCUT2D eigenvalue weighted by molar-refractivity contribution is 0.671. The summed E-state index contributed by atoms with van der Waals surface area (Å²) in [6, 6.07) is 8.12. The van der Waals surface area contributed by atoms with E-state index in [0.717, 1.165) is 16.7 Å². The first kappa shape index (κ1) is 16.7. The predicted octanol–water partition coefficient (Wildman–Crippen LogP) is 6.59. The highest BCUT2D eigenvalue weighted by Gasteiger charge is 2.18. The van der Waals surface area contributed by atoms with E-state index in [4.69, 9.17) is 11.6 Å². The van der Waals surface area contributed by atoms with Crippen molar-refractivity contribution in [2.45, 2.75) is 51.9 Å². The Morgan fingerprint density at radius 2 is 1.79 bits per heavy atom. The zero-order valence-corrected chi connectivity index (χ0v) is 14.1. The molecule has 0 heterocycles. The Bertz CT molecular complexity index is 406. The van der Waals surface area contributed by atoms with Crippen LogP contribution in [0.1, 0.15) is 47.0 Å². The minimum atomic E-state index is 0.778. The molecule has 106 valence electrons. The van der Waals surface area contributed by atoms with E-state index in [-0.39, 0.29) is 0 Å². The second-order valence-corrected chi connectivity index (χ2v) is 6.68. The summed E-state index contributed by atoms with van der Waals surface area (Å²) in [4.78, 5) is 1.31. The molecule has 0 nitrogen and oxygen atoms in total. The van der Waals surface area contributed by atoms with Gasteiger partial charge in [-0.3, -0.25) is 0 Å². The maximum atomic E-state index is 5.87. The van der Waals surface area contributed by atoms with Crippen LogP contribution in [0.2, 0.25) is 5.02 Å². The number of hydrogen-bond acceptors (Lipinski definition) is 1. The number of allylic oxidation sites excluding steroid dienone is 1. The minimum absolute atomic E-state index is 0.778. The van der Waals surface area contributed by atoms with Gasteiger partial charge in [0.15, 0.2) is 0 Å². The molecule has 2 heteroatoms. The Hall–Kier alpha value is -0.400. The molecule has 0 bridgehead atoms. The Balaban J connectivity index is 0.000000550. The SMILES string of the molecule is CC1=C(CSc2ccc(Cl)cc2)C(C)CC1.CCC. The van der Waals surface area contributed by atoms with Gasteiger partial charge >= 0.3 is 0 Å². The van der Waals surface area contributed by atoms with E-state index in [1.54, 1.807) is 11.1 Å². The van der Waals surface area contributed by atoms with Crippen LogP contribution in [-0.2, 0) is 0 Å². The predicted molar refractivity (Wildman–Crippen MR) is 89.2 cm³/mol. The Labute approximate surface area is 127 Å². The summed E-state index contributed by atoms with van der Waals surface area (Å²) in [6.45, 7) is 8.87. The fourth-order valence-electron chi connectivity index (χ4n) is 2.15. The monoisotopic (exact) mass is 296 g/mol. The number of hydrogen-bond donors (Lipinski definition) is 0. The largest absolute Gasteiger partial charge is 0.122 e. The summed E-state index contributed by atoms with van der Waals surface area (Å²) in [7, 11) is 0. The lowest BCUT2D eigenvalue weighted by Crippen LogP contribution is -1.96. The van der Waals surface area contributed by atoms with Gasteiger partial charge in [0, 0.05) is 15.7 Å². The Morgan fingerprint density at radius 1 is 1.21 bits per heavy atom. The van der Waals surface area contributed by atoms with E-state index in [2.05, 4.69) is 39.8 Å². The van der Waals surface area contributed by atoms with Crippen LogP contribution in [-0.4, -0.2) is 5.75 Å². The van der Waals surface area contributed by atoms with E-state index in [1.165, 1.54) is 24.2 Å². The molecular formula is C17H25ClS. The molecule has 1 aliphatic carbocycles. The van der Waals surface area contributed by atoms with Crippen LogP contribution in [0.15, 0.2) is 40.3 Å². The number of benzene rings is 1. The van der Waals surface area contributed by atoms with Crippen molar-refractivity contribution in [2.24, 2.45) is 5.92 Å². The minimum Gasteiger partial charge on any atom is -0.122 e. The van der Waals surface area contributed by atoms with Crippen LogP contribution in [0.25, 0.3) is 0 Å². The van der Waals surface area contributed by atoms with E-state index < -0.39 is 0 Å². The molecule has 0 fully saturated rings. The highest BCUT2D eigenvalue weighted by Crippen LogP contribution is 2.35. The molecule has 0 radical (unpaired) electrons. The van der Waals surface area contributed by atoms with E-state index in [9.17, 15) is 0 Å². The molecule has 1 aromatic rings. The normalized spacial score (nSPS) is 18.3. The Kier molecular flexibility index (Phi) is 7.63. The molecule has 0 N–H and O–H groups in total. The van der Waals surface area contributed by atoms with Crippen LogP contribution in [0, 0.1) is 5.92 Å². The van der Waals surface area contributed by atoms with Gasteiger partial charge in [0.25, 0.3) is 0 Å². The molecule has 1 unspecified atom stereocenters. The molecule has 1 atom stereocenters. The van der Waals surface area contributed by atoms with Crippen molar-refractivity contribution in [3.8, 4) is 0 Å². The average Bonchev–Trinajstić information content (AvgIpc) is 2.70.